The van der Waals surface area contributed by atoms with Crippen molar-refractivity contribution in [2.75, 3.05) is 32.8 Å². The Morgan fingerprint density at radius 2 is 1.69 bits per heavy atom. The van der Waals surface area contributed by atoms with Gasteiger partial charge in [0.15, 0.2) is 0 Å². The minimum absolute atomic E-state index is 0.144. The monoisotopic (exact) mass is 491 g/mol. The zero-order valence-corrected chi connectivity index (χ0v) is 21.2. The van der Waals surface area contributed by atoms with E-state index in [1.165, 1.54) is 5.56 Å². The number of nitrogens with one attached hydrogen (secondary N) is 1. The van der Waals surface area contributed by atoms with Crippen LogP contribution >= 0.6 is 0 Å². The molecule has 7 heteroatoms. The number of ether oxygens (including phenoxy) is 2. The molecule has 2 aromatic carbocycles. The van der Waals surface area contributed by atoms with Crippen LogP contribution in [0.2, 0.25) is 0 Å². The lowest BCUT2D eigenvalue weighted by molar-refractivity contribution is -0.124. The summed E-state index contributed by atoms with van der Waals surface area (Å²) in [7, 11) is 0. The molecule has 7 nitrogen and oxygen atoms in total. The van der Waals surface area contributed by atoms with Crippen LogP contribution in [0.25, 0.3) is 0 Å². The maximum absolute atomic E-state index is 13.0. The first-order chi connectivity index (χ1) is 17.5. The number of benzene rings is 2. The maximum atomic E-state index is 13.0. The Morgan fingerprint density at radius 3 is 2.42 bits per heavy atom. The van der Waals surface area contributed by atoms with E-state index < -0.39 is 0 Å². The van der Waals surface area contributed by atoms with Crippen molar-refractivity contribution in [3.8, 4) is 11.5 Å². The van der Waals surface area contributed by atoms with Crippen LogP contribution in [0, 0.1) is 11.3 Å². The number of piperidine rings is 2. The van der Waals surface area contributed by atoms with Crippen molar-refractivity contribution in [2.24, 2.45) is 11.3 Å². The quantitative estimate of drug-likeness (QED) is 0.601. The van der Waals surface area contributed by atoms with E-state index in [9.17, 15) is 9.59 Å². The highest BCUT2D eigenvalue weighted by molar-refractivity contribution is 5.83. The molecule has 1 atom stereocenters. The third-order valence-corrected chi connectivity index (χ3v) is 8.01. The average molecular weight is 492 g/mol. The van der Waals surface area contributed by atoms with Crippen LogP contribution in [-0.4, -0.2) is 60.6 Å². The second-order valence-corrected chi connectivity index (χ2v) is 10.4. The van der Waals surface area contributed by atoms with E-state index in [0.717, 1.165) is 63.2 Å². The highest BCUT2D eigenvalue weighted by Crippen LogP contribution is 2.59. The molecule has 2 heterocycles. The van der Waals surface area contributed by atoms with Crippen molar-refractivity contribution >= 4 is 12.0 Å². The lowest BCUT2D eigenvalue weighted by Gasteiger charge is -2.34. The van der Waals surface area contributed by atoms with Gasteiger partial charge in [0.1, 0.15) is 11.5 Å². The molecule has 2 saturated heterocycles. The third kappa shape index (κ3) is 5.84. The van der Waals surface area contributed by atoms with Gasteiger partial charge in [-0.2, -0.15) is 0 Å². The van der Waals surface area contributed by atoms with Gasteiger partial charge in [0.2, 0.25) is 5.91 Å². The molecule has 1 N–H and O–H groups in total. The fourth-order valence-electron chi connectivity index (χ4n) is 5.74. The van der Waals surface area contributed by atoms with Crippen LogP contribution in [-0.2, 0) is 16.1 Å². The van der Waals surface area contributed by atoms with E-state index in [-0.39, 0.29) is 29.4 Å². The van der Waals surface area contributed by atoms with Gasteiger partial charge in [-0.25, -0.2) is 4.79 Å². The number of hydrogen-bond donors (Lipinski definition) is 1. The van der Waals surface area contributed by atoms with Gasteiger partial charge < -0.3 is 19.7 Å². The number of amides is 2. The molecule has 1 saturated carbocycles. The van der Waals surface area contributed by atoms with E-state index in [1.54, 1.807) is 4.90 Å². The standard InChI is InChI=1S/C29H37N3O4/c1-2-35-28(34)32-15-11-23(12-16-32)30-27(33)26-20-29(26)13-17-31(18-14-29)21-22-7-6-10-25(19-22)36-24-8-4-3-5-9-24/h3-10,19,23,26H,2,11-18,20-21H2,1H3,(H,30,33). The Labute approximate surface area is 213 Å². The minimum Gasteiger partial charge on any atom is -0.457 e. The van der Waals surface area contributed by atoms with E-state index >= 15 is 0 Å². The van der Waals surface area contributed by atoms with E-state index in [1.807, 2.05) is 43.3 Å². The van der Waals surface area contributed by atoms with Crippen LogP contribution < -0.4 is 10.1 Å². The summed E-state index contributed by atoms with van der Waals surface area (Å²) in [5.41, 5.74) is 1.43. The second kappa shape index (κ2) is 10.9. The predicted octanol–water partition coefficient (Wildman–Crippen LogP) is 4.82. The molecule has 3 aliphatic rings. The molecular formula is C29H37N3O4. The molecule has 0 aromatic heterocycles. The Morgan fingerprint density at radius 1 is 0.972 bits per heavy atom. The van der Waals surface area contributed by atoms with E-state index in [0.29, 0.717) is 19.7 Å². The lowest BCUT2D eigenvalue weighted by atomic mass is 9.90. The molecule has 3 fully saturated rings. The number of carbonyl (C=O) groups excluding carboxylic acids is 2. The Balaban J connectivity index is 1.05. The molecule has 0 radical (unpaired) electrons. The first-order valence-corrected chi connectivity index (χ1v) is 13.3. The van der Waals surface area contributed by atoms with Crippen LogP contribution in [0.3, 0.4) is 0 Å². The van der Waals surface area contributed by atoms with Crippen molar-refractivity contribution in [2.45, 2.75) is 51.6 Å². The molecule has 1 unspecified atom stereocenters. The van der Waals surface area contributed by atoms with Gasteiger partial charge in [-0.1, -0.05) is 30.3 Å². The summed E-state index contributed by atoms with van der Waals surface area (Å²) in [5, 5.41) is 3.28. The molecule has 2 aliphatic heterocycles. The molecule has 5 rings (SSSR count). The van der Waals surface area contributed by atoms with Gasteiger partial charge in [0.25, 0.3) is 0 Å². The molecule has 192 valence electrons. The van der Waals surface area contributed by atoms with Crippen molar-refractivity contribution in [3.63, 3.8) is 0 Å². The normalized spacial score (nSPS) is 21.7. The number of carbonyl (C=O) groups is 2. The van der Waals surface area contributed by atoms with Gasteiger partial charge >= 0.3 is 6.09 Å². The van der Waals surface area contributed by atoms with E-state index in [4.69, 9.17) is 9.47 Å². The zero-order chi connectivity index (χ0) is 25.0. The van der Waals surface area contributed by atoms with Crippen molar-refractivity contribution < 1.29 is 19.1 Å². The molecule has 36 heavy (non-hydrogen) atoms. The number of rotatable bonds is 7. The van der Waals surface area contributed by atoms with Gasteiger partial charge in [-0.05, 0) is 87.4 Å². The summed E-state index contributed by atoms with van der Waals surface area (Å²) >= 11 is 0. The highest BCUT2D eigenvalue weighted by atomic mass is 16.6. The molecule has 1 spiro atoms. The lowest BCUT2D eigenvalue weighted by Crippen LogP contribution is -2.47. The fraction of sp³-hybridized carbons (Fsp3) is 0.517. The molecule has 1 aliphatic carbocycles. The largest absolute Gasteiger partial charge is 0.457 e. The Kier molecular flexibility index (Phi) is 7.46. The van der Waals surface area contributed by atoms with Gasteiger partial charge in [-0.3, -0.25) is 9.69 Å². The first-order valence-electron chi connectivity index (χ1n) is 13.3. The highest BCUT2D eigenvalue weighted by Gasteiger charge is 2.58. The van der Waals surface area contributed by atoms with Crippen LogP contribution in [0.5, 0.6) is 11.5 Å². The third-order valence-electron chi connectivity index (χ3n) is 8.01. The molecular weight excluding hydrogens is 454 g/mol. The smallest absolute Gasteiger partial charge is 0.409 e. The number of likely N-dealkylation sites (tertiary alicyclic amines) is 2. The van der Waals surface area contributed by atoms with Crippen molar-refractivity contribution in [1.29, 1.82) is 0 Å². The number of hydrogen-bond acceptors (Lipinski definition) is 5. The van der Waals surface area contributed by atoms with Crippen LogP contribution in [0.4, 0.5) is 4.79 Å². The average Bonchev–Trinajstić information content (AvgIpc) is 3.60. The summed E-state index contributed by atoms with van der Waals surface area (Å²) in [4.78, 5) is 29.1. The minimum atomic E-state index is -0.245. The molecule has 2 amide bonds. The second-order valence-electron chi connectivity index (χ2n) is 10.4. The van der Waals surface area contributed by atoms with Gasteiger partial charge in [-0.15, -0.1) is 0 Å². The van der Waals surface area contributed by atoms with Gasteiger partial charge in [0.05, 0.1) is 6.61 Å². The van der Waals surface area contributed by atoms with Crippen LogP contribution in [0.1, 0.15) is 44.6 Å². The Bertz CT molecular complexity index is 1040. The maximum Gasteiger partial charge on any atom is 0.409 e. The molecule has 2 aromatic rings. The van der Waals surface area contributed by atoms with Crippen LogP contribution in [0.15, 0.2) is 54.6 Å². The molecule has 0 bridgehead atoms. The van der Waals surface area contributed by atoms with Crippen molar-refractivity contribution in [3.05, 3.63) is 60.2 Å². The number of para-hydroxylation sites is 1. The summed E-state index contributed by atoms with van der Waals surface area (Å²) in [6, 6.07) is 18.3. The SMILES string of the molecule is CCOC(=O)N1CCC(NC(=O)C2CC23CCN(Cc2cccc(Oc4ccccc4)c2)CC3)CC1. The summed E-state index contributed by atoms with van der Waals surface area (Å²) in [6.45, 7) is 6.44. The predicted molar refractivity (Wildman–Crippen MR) is 138 cm³/mol. The number of nitrogens with zero attached hydrogens (tertiary/aromatic N) is 2. The van der Waals surface area contributed by atoms with E-state index in [2.05, 4.69) is 28.4 Å². The fourth-order valence-corrected chi connectivity index (χ4v) is 5.74. The first kappa shape index (κ1) is 24.6. The Hall–Kier alpha value is -3.06. The van der Waals surface area contributed by atoms with Crippen molar-refractivity contribution in [1.82, 2.24) is 15.1 Å². The zero-order valence-electron chi connectivity index (χ0n) is 21.2. The summed E-state index contributed by atoms with van der Waals surface area (Å²) < 4.78 is 11.1. The summed E-state index contributed by atoms with van der Waals surface area (Å²) in [6.07, 6.45) is 4.51. The topological polar surface area (TPSA) is 71.1 Å². The summed E-state index contributed by atoms with van der Waals surface area (Å²) in [5.74, 6) is 2.06. The van der Waals surface area contributed by atoms with Gasteiger partial charge in [0, 0.05) is 31.6 Å².